The first kappa shape index (κ1) is 10.4. The van der Waals surface area contributed by atoms with E-state index in [0.717, 1.165) is 4.70 Å². The molecule has 0 aliphatic rings. The lowest BCUT2D eigenvalue weighted by atomic mass is 10.3. The molecule has 0 aromatic carbocycles. The van der Waals surface area contributed by atoms with Gasteiger partial charge >= 0.3 is 6.18 Å². The Morgan fingerprint density at radius 2 is 2.07 bits per heavy atom. The number of rotatable bonds is 1. The minimum Gasteiger partial charge on any atom is -0.228 e. The molecule has 80 valence electrons. The standard InChI is InChI=1S/C9H7F3N2S/c1-2-5-7-6(3-4-15-7)14-8(13-5)9(10,11)12/h3-4H,2H2,1H3. The fraction of sp³-hybridized carbons (Fsp3) is 0.333. The lowest BCUT2D eigenvalue weighted by Gasteiger charge is -2.06. The quantitative estimate of drug-likeness (QED) is 0.754. The van der Waals surface area contributed by atoms with Gasteiger partial charge in [-0.3, -0.25) is 0 Å². The second-order valence-corrected chi connectivity index (χ2v) is 3.90. The van der Waals surface area contributed by atoms with E-state index >= 15 is 0 Å². The van der Waals surface area contributed by atoms with Crippen molar-refractivity contribution in [3.8, 4) is 0 Å². The molecule has 0 unspecified atom stereocenters. The van der Waals surface area contributed by atoms with Gasteiger partial charge < -0.3 is 0 Å². The minimum absolute atomic E-state index is 0.374. The highest BCUT2D eigenvalue weighted by Crippen LogP contribution is 2.30. The van der Waals surface area contributed by atoms with Crippen molar-refractivity contribution < 1.29 is 13.2 Å². The maximum Gasteiger partial charge on any atom is 0.451 e. The second kappa shape index (κ2) is 3.44. The van der Waals surface area contributed by atoms with Crippen molar-refractivity contribution in [2.75, 3.05) is 0 Å². The zero-order valence-corrected chi connectivity index (χ0v) is 8.61. The van der Waals surface area contributed by atoms with Gasteiger partial charge in [-0.05, 0) is 17.9 Å². The van der Waals surface area contributed by atoms with Crippen LogP contribution in [-0.2, 0) is 12.6 Å². The van der Waals surface area contributed by atoms with Crippen LogP contribution in [0.2, 0.25) is 0 Å². The van der Waals surface area contributed by atoms with Crippen molar-refractivity contribution in [3.05, 3.63) is 23.0 Å². The Labute approximate surface area is 87.8 Å². The average Bonchev–Trinajstić information content (AvgIpc) is 2.62. The molecule has 0 N–H and O–H groups in total. The van der Waals surface area contributed by atoms with Crippen LogP contribution in [0.25, 0.3) is 10.2 Å². The summed E-state index contributed by atoms with van der Waals surface area (Å²) in [6, 6.07) is 1.58. The number of halogens is 3. The molecule has 0 saturated heterocycles. The van der Waals surface area contributed by atoms with Crippen LogP contribution in [0.15, 0.2) is 11.4 Å². The third kappa shape index (κ3) is 1.81. The zero-order valence-electron chi connectivity index (χ0n) is 7.80. The van der Waals surface area contributed by atoms with E-state index in [-0.39, 0.29) is 0 Å². The number of aromatic nitrogens is 2. The number of hydrogen-bond donors (Lipinski definition) is 0. The molecule has 15 heavy (non-hydrogen) atoms. The Morgan fingerprint density at radius 3 is 2.67 bits per heavy atom. The van der Waals surface area contributed by atoms with Gasteiger partial charge in [-0.15, -0.1) is 11.3 Å². The van der Waals surface area contributed by atoms with Crippen molar-refractivity contribution in [3.63, 3.8) is 0 Å². The summed E-state index contributed by atoms with van der Waals surface area (Å²) in [7, 11) is 0. The number of aryl methyl sites for hydroxylation is 1. The molecule has 2 heterocycles. The van der Waals surface area contributed by atoms with E-state index in [1.165, 1.54) is 11.3 Å². The Bertz CT molecular complexity index is 490. The molecule has 0 fully saturated rings. The van der Waals surface area contributed by atoms with Gasteiger partial charge in [0.15, 0.2) is 0 Å². The zero-order chi connectivity index (χ0) is 11.1. The molecule has 2 aromatic heterocycles. The Kier molecular flexibility index (Phi) is 2.38. The van der Waals surface area contributed by atoms with Gasteiger partial charge in [0.05, 0.1) is 15.9 Å². The molecule has 0 atom stereocenters. The van der Waals surface area contributed by atoms with Crippen LogP contribution >= 0.6 is 11.3 Å². The van der Waals surface area contributed by atoms with Gasteiger partial charge in [0.25, 0.3) is 0 Å². The van der Waals surface area contributed by atoms with Crippen LogP contribution in [-0.4, -0.2) is 9.97 Å². The first-order chi connectivity index (χ1) is 7.02. The summed E-state index contributed by atoms with van der Waals surface area (Å²) in [5, 5.41) is 1.72. The summed E-state index contributed by atoms with van der Waals surface area (Å²) >= 11 is 1.37. The summed E-state index contributed by atoms with van der Waals surface area (Å²) in [5.41, 5.74) is 0.835. The Hall–Kier alpha value is -1.17. The molecule has 0 bridgehead atoms. The number of hydrogen-bond acceptors (Lipinski definition) is 3. The molecule has 2 aromatic rings. The molecule has 2 rings (SSSR count). The Morgan fingerprint density at radius 1 is 1.33 bits per heavy atom. The largest absolute Gasteiger partial charge is 0.451 e. The number of thiophene rings is 1. The van der Waals surface area contributed by atoms with Crippen LogP contribution in [0.3, 0.4) is 0 Å². The monoisotopic (exact) mass is 232 g/mol. The molecular weight excluding hydrogens is 225 g/mol. The maximum atomic E-state index is 12.4. The predicted octanol–water partition coefficient (Wildman–Crippen LogP) is 3.27. The number of nitrogens with zero attached hydrogens (tertiary/aromatic N) is 2. The van der Waals surface area contributed by atoms with E-state index in [2.05, 4.69) is 9.97 Å². The first-order valence-electron chi connectivity index (χ1n) is 4.33. The lowest BCUT2D eigenvalue weighted by Crippen LogP contribution is -2.12. The lowest BCUT2D eigenvalue weighted by molar-refractivity contribution is -0.144. The van der Waals surface area contributed by atoms with Crippen molar-refractivity contribution >= 4 is 21.6 Å². The molecule has 0 amide bonds. The highest BCUT2D eigenvalue weighted by atomic mass is 32.1. The van der Waals surface area contributed by atoms with Crippen LogP contribution in [0.4, 0.5) is 13.2 Å². The minimum atomic E-state index is -4.47. The molecular formula is C9H7F3N2S. The second-order valence-electron chi connectivity index (χ2n) is 2.98. The molecule has 0 radical (unpaired) electrons. The van der Waals surface area contributed by atoms with Gasteiger partial charge in [-0.2, -0.15) is 13.2 Å². The van der Waals surface area contributed by atoms with Crippen LogP contribution in [0.1, 0.15) is 18.4 Å². The summed E-state index contributed by atoms with van der Waals surface area (Å²) in [4.78, 5) is 7.03. The third-order valence-corrected chi connectivity index (χ3v) is 2.91. The van der Waals surface area contributed by atoms with E-state index in [1.54, 1.807) is 18.4 Å². The fourth-order valence-corrected chi connectivity index (χ4v) is 2.18. The summed E-state index contributed by atoms with van der Waals surface area (Å²) in [5.74, 6) is -1.05. The Balaban J connectivity index is 2.69. The smallest absolute Gasteiger partial charge is 0.228 e. The predicted molar refractivity (Wildman–Crippen MR) is 51.8 cm³/mol. The summed E-state index contributed by atoms with van der Waals surface area (Å²) < 4.78 is 38.0. The van der Waals surface area contributed by atoms with Gasteiger partial charge in [-0.1, -0.05) is 6.92 Å². The fourth-order valence-electron chi connectivity index (χ4n) is 1.29. The van der Waals surface area contributed by atoms with Gasteiger partial charge in [0.2, 0.25) is 5.82 Å². The van der Waals surface area contributed by atoms with Crippen molar-refractivity contribution in [2.24, 2.45) is 0 Å². The maximum absolute atomic E-state index is 12.4. The van der Waals surface area contributed by atoms with Gasteiger partial charge in [0, 0.05) is 0 Å². The molecule has 6 heteroatoms. The summed E-state index contributed by atoms with van der Waals surface area (Å²) in [6.07, 6.45) is -4.00. The molecule has 0 saturated carbocycles. The van der Waals surface area contributed by atoms with E-state index < -0.39 is 12.0 Å². The van der Waals surface area contributed by atoms with Crippen molar-refractivity contribution in [1.29, 1.82) is 0 Å². The number of alkyl halides is 3. The highest BCUT2D eigenvalue weighted by Gasteiger charge is 2.35. The average molecular weight is 232 g/mol. The molecule has 2 nitrogen and oxygen atoms in total. The third-order valence-electron chi connectivity index (χ3n) is 1.96. The van der Waals surface area contributed by atoms with E-state index in [0.29, 0.717) is 17.6 Å². The summed E-state index contributed by atoms with van der Waals surface area (Å²) in [6.45, 7) is 1.78. The SMILES string of the molecule is CCc1nc(C(F)(F)F)nc2ccsc12. The van der Waals surface area contributed by atoms with Crippen LogP contribution in [0, 0.1) is 0 Å². The van der Waals surface area contributed by atoms with Crippen molar-refractivity contribution in [1.82, 2.24) is 9.97 Å². The molecule has 0 aliphatic heterocycles. The van der Waals surface area contributed by atoms with Gasteiger partial charge in [-0.25, -0.2) is 9.97 Å². The van der Waals surface area contributed by atoms with E-state index in [1.807, 2.05) is 0 Å². The van der Waals surface area contributed by atoms with E-state index in [4.69, 9.17) is 0 Å². The normalized spacial score (nSPS) is 12.3. The molecule has 0 aliphatic carbocycles. The highest BCUT2D eigenvalue weighted by molar-refractivity contribution is 7.17. The van der Waals surface area contributed by atoms with Crippen LogP contribution < -0.4 is 0 Å². The van der Waals surface area contributed by atoms with E-state index in [9.17, 15) is 13.2 Å². The topological polar surface area (TPSA) is 25.8 Å². The molecule has 0 spiro atoms. The van der Waals surface area contributed by atoms with Gasteiger partial charge in [0.1, 0.15) is 0 Å². The first-order valence-corrected chi connectivity index (χ1v) is 5.21. The van der Waals surface area contributed by atoms with Crippen LogP contribution in [0.5, 0.6) is 0 Å². The number of fused-ring (bicyclic) bond motifs is 1. The van der Waals surface area contributed by atoms with Crippen molar-refractivity contribution in [2.45, 2.75) is 19.5 Å².